The molecule has 0 saturated heterocycles. The average molecular weight is 289 g/mol. The number of hydrogen-bond donors (Lipinski definition) is 2. The Morgan fingerprint density at radius 1 is 1.40 bits per heavy atom. The smallest absolute Gasteiger partial charge is 0.396 e. The minimum Gasteiger partial charge on any atom is -0.477 e. The lowest BCUT2D eigenvalue weighted by molar-refractivity contribution is -0.217. The van der Waals surface area contributed by atoms with Crippen molar-refractivity contribution in [3.8, 4) is 0 Å². The van der Waals surface area contributed by atoms with E-state index < -0.39 is 17.6 Å². The number of aromatic carboxylic acids is 1. The van der Waals surface area contributed by atoms with E-state index in [4.69, 9.17) is 5.11 Å². The molecule has 0 spiro atoms. The molecule has 5 nitrogen and oxygen atoms in total. The molecule has 0 unspecified atom stereocenters. The molecule has 20 heavy (non-hydrogen) atoms. The van der Waals surface area contributed by atoms with Crippen LogP contribution in [0.15, 0.2) is 12.3 Å². The van der Waals surface area contributed by atoms with E-state index >= 15 is 0 Å². The number of halogens is 3. The second kappa shape index (κ2) is 5.26. The summed E-state index contributed by atoms with van der Waals surface area (Å²) in [5.74, 6) is -1.35. The number of carboxylic acid groups (broad SMARTS) is 1. The van der Waals surface area contributed by atoms with E-state index in [1.807, 2.05) is 0 Å². The summed E-state index contributed by atoms with van der Waals surface area (Å²) in [4.78, 5) is 18.1. The summed E-state index contributed by atoms with van der Waals surface area (Å²) in [6.45, 7) is -0.334. The quantitative estimate of drug-likeness (QED) is 0.891. The predicted molar refractivity (Wildman–Crippen MR) is 64.4 cm³/mol. The van der Waals surface area contributed by atoms with Crippen molar-refractivity contribution in [2.45, 2.75) is 31.9 Å². The molecule has 110 valence electrons. The van der Waals surface area contributed by atoms with Gasteiger partial charge in [0.05, 0.1) is 5.41 Å². The largest absolute Gasteiger partial charge is 0.477 e. The Bertz CT molecular complexity index is 499. The van der Waals surface area contributed by atoms with Crippen LogP contribution in [0.25, 0.3) is 0 Å². The number of rotatable bonds is 4. The molecule has 1 aliphatic rings. The van der Waals surface area contributed by atoms with Gasteiger partial charge in [-0.2, -0.15) is 13.2 Å². The number of nitrogens with one attached hydrogen (secondary N) is 1. The first-order valence-corrected chi connectivity index (χ1v) is 6.21. The van der Waals surface area contributed by atoms with Gasteiger partial charge >= 0.3 is 12.1 Å². The fourth-order valence-electron chi connectivity index (χ4n) is 2.42. The second-order valence-corrected chi connectivity index (χ2v) is 4.91. The van der Waals surface area contributed by atoms with Crippen molar-refractivity contribution in [3.05, 3.63) is 18.0 Å². The highest BCUT2D eigenvalue weighted by molar-refractivity contribution is 5.85. The van der Waals surface area contributed by atoms with Gasteiger partial charge in [0, 0.05) is 12.7 Å². The Balaban J connectivity index is 2.11. The first-order valence-electron chi connectivity index (χ1n) is 6.21. The number of anilines is 1. The minimum absolute atomic E-state index is 0.0715. The fourth-order valence-corrected chi connectivity index (χ4v) is 2.42. The molecule has 0 amide bonds. The number of carbonyl (C=O) groups is 1. The number of hydrogen-bond acceptors (Lipinski definition) is 4. The highest BCUT2D eigenvalue weighted by Crippen LogP contribution is 2.50. The van der Waals surface area contributed by atoms with Crippen molar-refractivity contribution in [1.82, 2.24) is 9.97 Å². The van der Waals surface area contributed by atoms with Gasteiger partial charge in [0.25, 0.3) is 0 Å². The molecule has 0 aromatic carbocycles. The molecule has 1 heterocycles. The van der Waals surface area contributed by atoms with Crippen molar-refractivity contribution in [3.63, 3.8) is 0 Å². The van der Waals surface area contributed by atoms with Crippen LogP contribution in [0.3, 0.4) is 0 Å². The average Bonchev–Trinajstić information content (AvgIpc) is 2.86. The first kappa shape index (κ1) is 14.5. The van der Waals surface area contributed by atoms with E-state index in [1.165, 1.54) is 12.3 Å². The molecular weight excluding hydrogens is 275 g/mol. The summed E-state index contributed by atoms with van der Waals surface area (Å²) in [5.41, 5.74) is -2.02. The van der Waals surface area contributed by atoms with Gasteiger partial charge in [-0.15, -0.1) is 0 Å². The third kappa shape index (κ3) is 2.83. The van der Waals surface area contributed by atoms with Crippen molar-refractivity contribution < 1.29 is 23.1 Å². The highest BCUT2D eigenvalue weighted by atomic mass is 19.4. The Morgan fingerprint density at radius 2 is 2.05 bits per heavy atom. The highest BCUT2D eigenvalue weighted by Gasteiger charge is 2.55. The van der Waals surface area contributed by atoms with Crippen LogP contribution in [0, 0.1) is 5.41 Å². The number of aromatic nitrogens is 2. The van der Waals surface area contributed by atoms with Gasteiger partial charge in [0.1, 0.15) is 0 Å². The summed E-state index contributed by atoms with van der Waals surface area (Å²) >= 11 is 0. The van der Waals surface area contributed by atoms with Gasteiger partial charge in [-0.3, -0.25) is 0 Å². The minimum atomic E-state index is -4.29. The molecule has 1 saturated carbocycles. The third-order valence-corrected chi connectivity index (χ3v) is 3.62. The van der Waals surface area contributed by atoms with Crippen molar-refractivity contribution in [2.24, 2.45) is 5.41 Å². The fraction of sp³-hybridized carbons (Fsp3) is 0.583. The van der Waals surface area contributed by atoms with E-state index in [2.05, 4.69) is 15.3 Å². The molecular formula is C12H14F3N3O2. The van der Waals surface area contributed by atoms with Crippen LogP contribution in [0.1, 0.15) is 36.2 Å². The summed E-state index contributed by atoms with van der Waals surface area (Å²) in [5, 5.41) is 11.3. The van der Waals surface area contributed by atoms with Crippen LogP contribution < -0.4 is 5.32 Å². The Labute approximate surface area is 113 Å². The number of alkyl halides is 3. The van der Waals surface area contributed by atoms with Crippen LogP contribution in [0.4, 0.5) is 19.1 Å². The zero-order chi connectivity index (χ0) is 14.8. The van der Waals surface area contributed by atoms with Gasteiger partial charge in [-0.25, -0.2) is 14.8 Å². The second-order valence-electron chi connectivity index (χ2n) is 4.91. The van der Waals surface area contributed by atoms with E-state index in [-0.39, 0.29) is 31.0 Å². The monoisotopic (exact) mass is 289 g/mol. The van der Waals surface area contributed by atoms with Gasteiger partial charge in [-0.1, -0.05) is 12.8 Å². The topological polar surface area (TPSA) is 75.1 Å². The normalized spacial score (nSPS) is 17.9. The Kier molecular flexibility index (Phi) is 3.82. The zero-order valence-corrected chi connectivity index (χ0v) is 10.6. The van der Waals surface area contributed by atoms with Crippen molar-refractivity contribution in [1.29, 1.82) is 0 Å². The van der Waals surface area contributed by atoms with E-state index in [9.17, 15) is 18.0 Å². The number of nitrogens with zero attached hydrogens (tertiary/aromatic N) is 2. The van der Waals surface area contributed by atoms with Gasteiger partial charge in [0.15, 0.2) is 5.69 Å². The summed E-state index contributed by atoms with van der Waals surface area (Å²) in [6, 6.07) is 1.18. The SMILES string of the molecule is O=C(O)c1ccnc(NCC2(C(F)(F)F)CCCC2)n1. The van der Waals surface area contributed by atoms with Crippen molar-refractivity contribution >= 4 is 11.9 Å². The summed E-state index contributed by atoms with van der Waals surface area (Å²) < 4.78 is 39.5. The maximum absolute atomic E-state index is 13.2. The molecule has 0 aliphatic heterocycles. The van der Waals surface area contributed by atoms with Crippen molar-refractivity contribution in [2.75, 3.05) is 11.9 Å². The van der Waals surface area contributed by atoms with Gasteiger partial charge in [0.2, 0.25) is 5.95 Å². The molecule has 0 bridgehead atoms. The summed E-state index contributed by atoms with van der Waals surface area (Å²) in [6.07, 6.45) is -1.87. The van der Waals surface area contributed by atoms with Crippen LogP contribution in [-0.2, 0) is 0 Å². The van der Waals surface area contributed by atoms with Gasteiger partial charge < -0.3 is 10.4 Å². The molecule has 2 rings (SSSR count). The Morgan fingerprint density at radius 3 is 2.60 bits per heavy atom. The zero-order valence-electron chi connectivity index (χ0n) is 10.6. The van der Waals surface area contributed by atoms with Gasteiger partial charge in [-0.05, 0) is 18.9 Å². The molecule has 1 aromatic heterocycles. The molecule has 1 aliphatic carbocycles. The lowest BCUT2D eigenvalue weighted by Crippen LogP contribution is -2.41. The van der Waals surface area contributed by atoms with E-state index in [0.717, 1.165) is 0 Å². The molecule has 1 aromatic rings. The van der Waals surface area contributed by atoms with E-state index in [1.54, 1.807) is 0 Å². The van der Waals surface area contributed by atoms with E-state index in [0.29, 0.717) is 12.8 Å². The van der Waals surface area contributed by atoms with Crippen LogP contribution >= 0.6 is 0 Å². The van der Waals surface area contributed by atoms with Crippen LogP contribution in [0.2, 0.25) is 0 Å². The van der Waals surface area contributed by atoms with Crippen LogP contribution in [-0.4, -0.2) is 33.8 Å². The standard InChI is InChI=1S/C12H14F3N3O2/c13-12(14,15)11(4-1-2-5-11)7-17-10-16-6-3-8(18-10)9(19)20/h3,6H,1-2,4-5,7H2,(H,19,20)(H,16,17,18). The first-order chi connectivity index (χ1) is 9.34. The third-order valence-electron chi connectivity index (χ3n) is 3.62. The maximum Gasteiger partial charge on any atom is 0.396 e. The number of carboxylic acids is 1. The van der Waals surface area contributed by atoms with Crippen LogP contribution in [0.5, 0.6) is 0 Å². The molecule has 2 N–H and O–H groups in total. The lowest BCUT2D eigenvalue weighted by Gasteiger charge is -2.31. The molecule has 0 radical (unpaired) electrons. The Hall–Kier alpha value is -1.86. The predicted octanol–water partition coefficient (Wildman–Crippen LogP) is 2.71. The lowest BCUT2D eigenvalue weighted by atomic mass is 9.85. The molecule has 8 heteroatoms. The molecule has 0 atom stereocenters. The maximum atomic E-state index is 13.2. The summed E-state index contributed by atoms with van der Waals surface area (Å²) in [7, 11) is 0. The molecule has 1 fully saturated rings.